The molecule has 1 saturated heterocycles. The van der Waals surface area contributed by atoms with Gasteiger partial charge < -0.3 is 24.8 Å². The number of hydrogen-bond donors (Lipinski definition) is 2. The van der Waals surface area contributed by atoms with Crippen LogP contribution < -0.4 is 15.4 Å². The molecule has 2 heterocycles. The Morgan fingerprint density at radius 3 is 2.49 bits per heavy atom. The summed E-state index contributed by atoms with van der Waals surface area (Å²) in [7, 11) is -0.436. The number of hydrogen-bond acceptors (Lipinski definition) is 6. The van der Waals surface area contributed by atoms with Gasteiger partial charge in [0.05, 0.1) is 30.6 Å². The summed E-state index contributed by atoms with van der Waals surface area (Å²) in [6.07, 6.45) is -1.70. The Morgan fingerprint density at radius 2 is 1.85 bits per heavy atom. The summed E-state index contributed by atoms with van der Waals surface area (Å²) >= 11 is 0. The maximum Gasteiger partial charge on any atom is 0.406 e. The van der Waals surface area contributed by atoms with E-state index in [9.17, 15) is 26.0 Å². The summed E-state index contributed by atoms with van der Waals surface area (Å²) < 4.78 is 84.7. The van der Waals surface area contributed by atoms with Crippen molar-refractivity contribution >= 4 is 32.1 Å². The first-order chi connectivity index (χ1) is 18.4. The molecule has 1 aliphatic heterocycles. The number of benzene rings is 2. The standard InChI is InChI=1S/C27H30F4N4O3S/c1-34-12-9-18(10-13-34)33-22-7-4-8-24-20(22)14-19(35(24)17-27(29,30)31)6-5-11-32-23-15-21(28)26(39(3,36)37)16-25(23)38-2/h4,7-8,14-16,18,32-33H,9-13,17H2,1-3H3. The highest BCUT2D eigenvalue weighted by molar-refractivity contribution is 7.90. The van der Waals surface area contributed by atoms with Crippen molar-refractivity contribution in [3.8, 4) is 17.6 Å². The van der Waals surface area contributed by atoms with Gasteiger partial charge in [-0.05, 0) is 57.1 Å². The number of likely N-dealkylation sites (tertiary alicyclic amines) is 1. The molecule has 7 nitrogen and oxygen atoms in total. The second-order valence-corrected chi connectivity index (χ2v) is 11.6. The first-order valence-corrected chi connectivity index (χ1v) is 14.2. The second kappa shape index (κ2) is 11.4. The molecule has 210 valence electrons. The zero-order valence-electron chi connectivity index (χ0n) is 21.8. The van der Waals surface area contributed by atoms with Crippen LogP contribution in [0.5, 0.6) is 5.75 Å². The molecule has 0 bridgehead atoms. The molecule has 2 N–H and O–H groups in total. The summed E-state index contributed by atoms with van der Waals surface area (Å²) in [5.74, 6) is 4.73. The average Bonchev–Trinajstić information content (AvgIpc) is 3.19. The third-order valence-electron chi connectivity index (χ3n) is 6.60. The van der Waals surface area contributed by atoms with Crippen molar-refractivity contribution in [2.24, 2.45) is 0 Å². The van der Waals surface area contributed by atoms with Crippen LogP contribution in [0, 0.1) is 17.7 Å². The first-order valence-electron chi connectivity index (χ1n) is 12.3. The number of piperidine rings is 1. The molecular formula is C27H30F4N4O3S. The SMILES string of the molecule is COc1cc(S(C)(=O)=O)c(F)cc1NCC#Cc1cc2c(NC3CCN(C)CC3)cccc2n1CC(F)(F)F. The van der Waals surface area contributed by atoms with Crippen molar-refractivity contribution in [3.63, 3.8) is 0 Å². The quantitative estimate of drug-likeness (QED) is 0.319. The third kappa shape index (κ3) is 6.96. The molecule has 1 fully saturated rings. The van der Waals surface area contributed by atoms with E-state index in [1.165, 1.54) is 7.11 Å². The minimum atomic E-state index is -4.45. The van der Waals surface area contributed by atoms with Crippen LogP contribution in [0.1, 0.15) is 18.5 Å². The van der Waals surface area contributed by atoms with E-state index in [0.29, 0.717) is 10.9 Å². The van der Waals surface area contributed by atoms with Gasteiger partial charge >= 0.3 is 6.18 Å². The summed E-state index contributed by atoms with van der Waals surface area (Å²) in [5, 5.41) is 6.99. The lowest BCUT2D eigenvalue weighted by atomic mass is 10.0. The Bertz CT molecular complexity index is 1520. The predicted octanol–water partition coefficient (Wildman–Crippen LogP) is 4.72. The molecule has 1 aliphatic rings. The summed E-state index contributed by atoms with van der Waals surface area (Å²) in [6.45, 7) is 0.635. The minimum Gasteiger partial charge on any atom is -0.495 e. The summed E-state index contributed by atoms with van der Waals surface area (Å²) in [4.78, 5) is 1.74. The molecule has 12 heteroatoms. The first kappa shape index (κ1) is 28.6. The monoisotopic (exact) mass is 566 g/mol. The number of methoxy groups -OCH3 is 1. The maximum atomic E-state index is 14.4. The van der Waals surface area contributed by atoms with Crippen LogP contribution in [0.15, 0.2) is 41.3 Å². The van der Waals surface area contributed by atoms with Crippen molar-refractivity contribution in [3.05, 3.63) is 47.9 Å². The second-order valence-electron chi connectivity index (χ2n) is 9.60. The van der Waals surface area contributed by atoms with Crippen LogP contribution in [0.2, 0.25) is 0 Å². The Balaban J connectivity index is 1.61. The number of nitrogens with zero attached hydrogens (tertiary/aromatic N) is 2. The Hall–Kier alpha value is -3.43. The molecule has 0 saturated carbocycles. The summed E-state index contributed by atoms with van der Waals surface area (Å²) in [5.41, 5.74) is 1.53. The van der Waals surface area contributed by atoms with Gasteiger partial charge in [0.25, 0.3) is 0 Å². The zero-order chi connectivity index (χ0) is 28.4. The molecule has 0 radical (unpaired) electrons. The zero-order valence-corrected chi connectivity index (χ0v) is 22.6. The number of anilines is 2. The van der Waals surface area contributed by atoms with Crippen LogP contribution in [0.4, 0.5) is 28.9 Å². The molecular weight excluding hydrogens is 536 g/mol. The molecule has 0 aliphatic carbocycles. The van der Waals surface area contributed by atoms with Gasteiger partial charge in [-0.25, -0.2) is 12.8 Å². The number of sulfone groups is 1. The molecule has 3 aromatic rings. The normalized spacial score (nSPS) is 15.2. The highest BCUT2D eigenvalue weighted by atomic mass is 32.2. The fourth-order valence-electron chi connectivity index (χ4n) is 4.64. The van der Waals surface area contributed by atoms with Gasteiger partial charge in [0.15, 0.2) is 9.84 Å². The molecule has 1 aromatic heterocycles. The number of ether oxygens (including phenoxy) is 1. The highest BCUT2D eigenvalue weighted by Gasteiger charge is 2.30. The van der Waals surface area contributed by atoms with Crippen molar-refractivity contribution < 1.29 is 30.7 Å². The molecule has 0 atom stereocenters. The summed E-state index contributed by atoms with van der Waals surface area (Å²) in [6, 6.07) is 9.15. The van der Waals surface area contributed by atoms with E-state index >= 15 is 0 Å². The van der Waals surface area contributed by atoms with Gasteiger partial charge in [-0.2, -0.15) is 13.2 Å². The van der Waals surface area contributed by atoms with Gasteiger partial charge in [-0.3, -0.25) is 0 Å². The van der Waals surface area contributed by atoms with Crippen LogP contribution in [-0.4, -0.2) is 70.2 Å². The Labute approximate surface area is 225 Å². The molecule has 2 aromatic carbocycles. The van der Waals surface area contributed by atoms with E-state index in [0.717, 1.165) is 54.6 Å². The molecule has 0 spiro atoms. The lowest BCUT2D eigenvalue weighted by molar-refractivity contribution is -0.140. The number of halogens is 4. The van der Waals surface area contributed by atoms with Gasteiger partial charge in [-0.1, -0.05) is 12.0 Å². The van der Waals surface area contributed by atoms with E-state index in [2.05, 4.69) is 34.4 Å². The van der Waals surface area contributed by atoms with Gasteiger partial charge in [0.2, 0.25) is 0 Å². The smallest absolute Gasteiger partial charge is 0.406 e. The van der Waals surface area contributed by atoms with E-state index < -0.39 is 33.3 Å². The van der Waals surface area contributed by atoms with E-state index in [1.54, 1.807) is 18.2 Å². The van der Waals surface area contributed by atoms with E-state index in [1.807, 2.05) is 6.07 Å². The van der Waals surface area contributed by atoms with Crippen LogP contribution >= 0.6 is 0 Å². The molecule has 0 unspecified atom stereocenters. The van der Waals surface area contributed by atoms with E-state index in [4.69, 9.17) is 4.74 Å². The number of nitrogens with one attached hydrogen (secondary N) is 2. The molecule has 39 heavy (non-hydrogen) atoms. The third-order valence-corrected chi connectivity index (χ3v) is 7.71. The van der Waals surface area contributed by atoms with Crippen molar-refractivity contribution in [1.29, 1.82) is 0 Å². The Morgan fingerprint density at radius 1 is 1.13 bits per heavy atom. The topological polar surface area (TPSA) is 75.6 Å². The number of fused-ring (bicyclic) bond motifs is 1. The average molecular weight is 567 g/mol. The highest BCUT2D eigenvalue weighted by Crippen LogP contribution is 2.32. The lowest BCUT2D eigenvalue weighted by Gasteiger charge is -2.30. The molecule has 4 rings (SSSR count). The van der Waals surface area contributed by atoms with Crippen molar-refractivity contribution in [1.82, 2.24) is 9.47 Å². The van der Waals surface area contributed by atoms with Crippen LogP contribution in [-0.2, 0) is 16.4 Å². The minimum absolute atomic E-state index is 0.0533. The van der Waals surface area contributed by atoms with Gasteiger partial charge in [-0.15, -0.1) is 0 Å². The van der Waals surface area contributed by atoms with E-state index in [-0.39, 0.29) is 29.7 Å². The van der Waals surface area contributed by atoms with Gasteiger partial charge in [0, 0.05) is 35.5 Å². The fourth-order valence-corrected chi connectivity index (χ4v) is 5.37. The van der Waals surface area contributed by atoms with Crippen LogP contribution in [0.25, 0.3) is 10.9 Å². The fraction of sp³-hybridized carbons (Fsp3) is 0.407. The van der Waals surface area contributed by atoms with Gasteiger partial charge in [0.1, 0.15) is 23.0 Å². The van der Waals surface area contributed by atoms with Crippen molar-refractivity contribution in [2.45, 2.75) is 36.5 Å². The maximum absolute atomic E-state index is 14.4. The van der Waals surface area contributed by atoms with Crippen LogP contribution in [0.3, 0.4) is 0 Å². The number of rotatable bonds is 7. The molecule has 0 amide bonds. The Kier molecular flexibility index (Phi) is 8.32. The number of alkyl halides is 3. The lowest BCUT2D eigenvalue weighted by Crippen LogP contribution is -2.36. The predicted molar refractivity (Wildman–Crippen MR) is 144 cm³/mol. The van der Waals surface area contributed by atoms with Crippen molar-refractivity contribution in [2.75, 3.05) is 50.7 Å². The number of aromatic nitrogens is 1. The largest absolute Gasteiger partial charge is 0.495 e.